The van der Waals surface area contributed by atoms with Crippen molar-refractivity contribution in [1.29, 1.82) is 0 Å². The molecular weight excluding hydrogens is 356 g/mol. The third-order valence-electron chi connectivity index (χ3n) is 6.53. The monoisotopic (exact) mass is 390 g/mol. The number of unbranched alkanes of at least 4 members (excludes halogenated alkanes) is 1. The van der Waals surface area contributed by atoms with Gasteiger partial charge in [-0.2, -0.15) is 0 Å². The lowest BCUT2D eigenvalue weighted by Gasteiger charge is -2.42. The van der Waals surface area contributed by atoms with Gasteiger partial charge in [0.05, 0.1) is 5.56 Å². The van der Waals surface area contributed by atoms with Crippen LogP contribution in [0.2, 0.25) is 0 Å². The average molecular weight is 391 g/mol. The van der Waals surface area contributed by atoms with Crippen LogP contribution in [0.25, 0.3) is 12.2 Å². The van der Waals surface area contributed by atoms with Gasteiger partial charge < -0.3 is 5.11 Å². The summed E-state index contributed by atoms with van der Waals surface area (Å²) in [4.78, 5) is 11.1. The van der Waals surface area contributed by atoms with Crippen LogP contribution >= 0.6 is 0 Å². The Morgan fingerprint density at radius 3 is 2.10 bits per heavy atom. The van der Waals surface area contributed by atoms with Gasteiger partial charge in [-0.1, -0.05) is 77.5 Å². The molecule has 2 nitrogen and oxygen atoms in total. The van der Waals surface area contributed by atoms with Crippen molar-refractivity contribution < 1.29 is 9.90 Å². The molecule has 3 rings (SSSR count). The number of carboxylic acids is 1. The fraction of sp³-hybridized carbons (Fsp3) is 0.444. The number of carbonyl (C=O) groups is 1. The van der Waals surface area contributed by atoms with Crippen molar-refractivity contribution >= 4 is 18.1 Å². The Bertz CT molecular complexity index is 914. The summed E-state index contributed by atoms with van der Waals surface area (Å²) in [7, 11) is 0. The maximum atomic E-state index is 11.1. The second kappa shape index (κ2) is 8.18. The van der Waals surface area contributed by atoms with Crippen LogP contribution in [0.4, 0.5) is 0 Å². The van der Waals surface area contributed by atoms with Gasteiger partial charge in [0.15, 0.2) is 0 Å². The fourth-order valence-corrected chi connectivity index (χ4v) is 4.34. The van der Waals surface area contributed by atoms with Crippen LogP contribution in [0.15, 0.2) is 36.4 Å². The highest BCUT2D eigenvalue weighted by molar-refractivity contribution is 5.88. The minimum atomic E-state index is -0.887. The van der Waals surface area contributed by atoms with Crippen molar-refractivity contribution in [3.8, 4) is 0 Å². The molecule has 1 aliphatic rings. The number of hydrogen-bond acceptors (Lipinski definition) is 1. The van der Waals surface area contributed by atoms with Crippen molar-refractivity contribution in [2.45, 2.75) is 77.6 Å². The van der Waals surface area contributed by atoms with Crippen LogP contribution < -0.4 is 0 Å². The molecule has 0 amide bonds. The highest BCUT2D eigenvalue weighted by Gasteiger charge is 2.37. The quantitative estimate of drug-likeness (QED) is 0.528. The van der Waals surface area contributed by atoms with Crippen LogP contribution in [0.5, 0.6) is 0 Å². The third kappa shape index (κ3) is 4.63. The summed E-state index contributed by atoms with van der Waals surface area (Å²) in [6.07, 6.45) is 10.2. The summed E-state index contributed by atoms with van der Waals surface area (Å²) in [6, 6.07) is 12.0. The largest absolute Gasteiger partial charge is 0.478 e. The Labute approximate surface area is 175 Å². The van der Waals surface area contributed by atoms with Crippen LogP contribution in [-0.2, 0) is 17.3 Å². The van der Waals surface area contributed by atoms with Crippen LogP contribution in [0, 0.1) is 0 Å². The van der Waals surface area contributed by atoms with Gasteiger partial charge in [0.1, 0.15) is 0 Å². The van der Waals surface area contributed by atoms with Crippen LogP contribution in [0.1, 0.15) is 98.5 Å². The minimum absolute atomic E-state index is 0.194. The zero-order valence-electron chi connectivity index (χ0n) is 18.5. The summed E-state index contributed by atoms with van der Waals surface area (Å²) < 4.78 is 0. The Morgan fingerprint density at radius 1 is 0.966 bits per heavy atom. The predicted octanol–water partition coefficient (Wildman–Crippen LogP) is 7.25. The van der Waals surface area contributed by atoms with Gasteiger partial charge in [-0.05, 0) is 76.5 Å². The molecule has 0 radical (unpaired) electrons. The molecule has 2 aromatic carbocycles. The lowest BCUT2D eigenvalue weighted by molar-refractivity contribution is 0.0697. The van der Waals surface area contributed by atoms with Crippen molar-refractivity contribution in [2.75, 3.05) is 0 Å². The number of benzene rings is 2. The van der Waals surface area contributed by atoms with E-state index in [1.54, 1.807) is 12.1 Å². The van der Waals surface area contributed by atoms with Crippen molar-refractivity contribution in [3.05, 3.63) is 69.8 Å². The fourth-order valence-electron chi connectivity index (χ4n) is 4.34. The summed E-state index contributed by atoms with van der Waals surface area (Å²) >= 11 is 0. The second-order valence-electron chi connectivity index (χ2n) is 9.73. The Hall–Kier alpha value is -2.35. The van der Waals surface area contributed by atoms with Gasteiger partial charge in [-0.3, -0.25) is 0 Å². The first-order chi connectivity index (χ1) is 13.6. The van der Waals surface area contributed by atoms with Gasteiger partial charge in [-0.15, -0.1) is 0 Å². The molecule has 1 aliphatic carbocycles. The van der Waals surface area contributed by atoms with E-state index in [4.69, 9.17) is 5.11 Å². The minimum Gasteiger partial charge on any atom is -0.478 e. The first kappa shape index (κ1) is 21.4. The van der Waals surface area contributed by atoms with E-state index < -0.39 is 5.97 Å². The zero-order chi connectivity index (χ0) is 21.2. The topological polar surface area (TPSA) is 37.3 Å². The van der Waals surface area contributed by atoms with E-state index in [9.17, 15) is 4.79 Å². The van der Waals surface area contributed by atoms with Gasteiger partial charge in [-0.25, -0.2) is 4.79 Å². The average Bonchev–Trinajstić information content (AvgIpc) is 2.68. The molecule has 0 spiro atoms. The van der Waals surface area contributed by atoms with E-state index in [1.807, 2.05) is 12.1 Å². The highest BCUT2D eigenvalue weighted by atomic mass is 16.4. The van der Waals surface area contributed by atoms with Crippen molar-refractivity contribution in [2.24, 2.45) is 0 Å². The van der Waals surface area contributed by atoms with Crippen molar-refractivity contribution in [1.82, 2.24) is 0 Å². The Kier molecular flexibility index (Phi) is 6.03. The predicted molar refractivity (Wildman–Crippen MR) is 123 cm³/mol. The van der Waals surface area contributed by atoms with E-state index in [2.05, 4.69) is 58.9 Å². The molecule has 1 N–H and O–H groups in total. The number of aromatic carboxylic acids is 1. The normalized spacial score (nSPS) is 17.3. The Balaban J connectivity index is 2.03. The van der Waals surface area contributed by atoms with Crippen molar-refractivity contribution in [3.63, 3.8) is 0 Å². The zero-order valence-corrected chi connectivity index (χ0v) is 18.5. The molecule has 0 aromatic heterocycles. The molecule has 0 atom stereocenters. The van der Waals surface area contributed by atoms with E-state index in [1.165, 1.54) is 47.9 Å². The standard InChI is InChI=1S/C27H34O2/c1-6-7-8-21-17-23-24(27(4,5)16-15-26(23,2)3)18-22(21)14-11-19-9-12-20(13-10-19)25(28)29/h9-14,17-18H,6-8,15-16H2,1-5H3,(H,28,29)/b14-11+. The lowest BCUT2D eigenvalue weighted by Crippen LogP contribution is -2.34. The van der Waals surface area contributed by atoms with Gasteiger partial charge in [0, 0.05) is 0 Å². The number of carboxylic acid groups (broad SMARTS) is 1. The molecule has 0 bridgehead atoms. The molecular formula is C27H34O2. The molecule has 0 saturated carbocycles. The molecule has 2 heteroatoms. The highest BCUT2D eigenvalue weighted by Crippen LogP contribution is 2.46. The number of rotatable bonds is 6. The maximum Gasteiger partial charge on any atom is 0.335 e. The Morgan fingerprint density at radius 2 is 1.55 bits per heavy atom. The molecule has 0 unspecified atom stereocenters. The van der Waals surface area contributed by atoms with Crippen LogP contribution in [-0.4, -0.2) is 11.1 Å². The molecule has 0 fully saturated rings. The molecule has 29 heavy (non-hydrogen) atoms. The van der Waals surface area contributed by atoms with E-state index >= 15 is 0 Å². The summed E-state index contributed by atoms with van der Waals surface area (Å²) in [5.74, 6) is -0.887. The van der Waals surface area contributed by atoms with Gasteiger partial charge in [0.25, 0.3) is 0 Å². The third-order valence-corrected chi connectivity index (χ3v) is 6.53. The number of aryl methyl sites for hydroxylation is 1. The molecule has 0 aliphatic heterocycles. The van der Waals surface area contributed by atoms with Crippen LogP contribution in [0.3, 0.4) is 0 Å². The maximum absolute atomic E-state index is 11.1. The lowest BCUT2D eigenvalue weighted by atomic mass is 9.62. The first-order valence-corrected chi connectivity index (χ1v) is 10.8. The molecule has 0 saturated heterocycles. The molecule has 154 valence electrons. The smallest absolute Gasteiger partial charge is 0.335 e. The van der Waals surface area contributed by atoms with Gasteiger partial charge in [0.2, 0.25) is 0 Å². The first-order valence-electron chi connectivity index (χ1n) is 10.8. The number of hydrogen-bond donors (Lipinski definition) is 1. The summed E-state index contributed by atoms with van der Waals surface area (Å²) in [5.41, 5.74) is 7.48. The molecule has 0 heterocycles. The SMILES string of the molecule is CCCCc1cc2c(cc1/C=C/c1ccc(C(=O)O)cc1)C(C)(C)CCC2(C)C. The molecule has 2 aromatic rings. The summed E-state index contributed by atoms with van der Waals surface area (Å²) in [5, 5.41) is 9.09. The number of fused-ring (bicyclic) bond motifs is 1. The second-order valence-corrected chi connectivity index (χ2v) is 9.73. The van der Waals surface area contributed by atoms with E-state index in [0.717, 1.165) is 12.0 Å². The van der Waals surface area contributed by atoms with E-state index in [-0.39, 0.29) is 10.8 Å². The van der Waals surface area contributed by atoms with E-state index in [0.29, 0.717) is 5.56 Å². The summed E-state index contributed by atoms with van der Waals surface area (Å²) in [6.45, 7) is 11.7. The van der Waals surface area contributed by atoms with Gasteiger partial charge >= 0.3 is 5.97 Å².